The van der Waals surface area contributed by atoms with E-state index in [0.29, 0.717) is 10.8 Å². The maximum absolute atomic E-state index is 5.79. The highest BCUT2D eigenvalue weighted by Gasteiger charge is 2.11. The number of hydrogen-bond acceptors (Lipinski definition) is 2. The smallest absolute Gasteiger partial charge is 0.135 e. The summed E-state index contributed by atoms with van der Waals surface area (Å²) >= 11 is 5.79. The summed E-state index contributed by atoms with van der Waals surface area (Å²) < 4.78 is 4.97. The SMILES string of the molecule is COC1=CCCC(N)=C1Cl. The van der Waals surface area contributed by atoms with Gasteiger partial charge in [-0.2, -0.15) is 0 Å². The zero-order valence-corrected chi connectivity index (χ0v) is 6.61. The van der Waals surface area contributed by atoms with Crippen molar-refractivity contribution in [1.29, 1.82) is 0 Å². The van der Waals surface area contributed by atoms with Crippen LogP contribution in [-0.2, 0) is 4.74 Å². The molecular weight excluding hydrogens is 150 g/mol. The average molecular weight is 160 g/mol. The molecule has 0 aromatic rings. The molecule has 2 N–H and O–H groups in total. The molecule has 0 aliphatic heterocycles. The van der Waals surface area contributed by atoms with E-state index in [2.05, 4.69) is 0 Å². The topological polar surface area (TPSA) is 35.2 Å². The van der Waals surface area contributed by atoms with Crippen LogP contribution in [0, 0.1) is 0 Å². The molecule has 0 saturated carbocycles. The number of ether oxygens (including phenoxy) is 1. The van der Waals surface area contributed by atoms with Gasteiger partial charge in [0.15, 0.2) is 0 Å². The summed E-state index contributed by atoms with van der Waals surface area (Å²) in [6.45, 7) is 0. The van der Waals surface area contributed by atoms with E-state index >= 15 is 0 Å². The van der Waals surface area contributed by atoms with Crippen molar-refractivity contribution in [3.8, 4) is 0 Å². The predicted octanol–water partition coefficient (Wildman–Crippen LogP) is 1.72. The fourth-order valence-electron chi connectivity index (χ4n) is 0.889. The lowest BCUT2D eigenvalue weighted by Crippen LogP contribution is -2.06. The molecule has 1 aliphatic rings. The van der Waals surface area contributed by atoms with Gasteiger partial charge in [0, 0.05) is 5.70 Å². The lowest BCUT2D eigenvalue weighted by Gasteiger charge is -2.12. The normalized spacial score (nSPS) is 18.8. The summed E-state index contributed by atoms with van der Waals surface area (Å²) in [5.41, 5.74) is 6.29. The third-order valence-electron chi connectivity index (χ3n) is 1.46. The van der Waals surface area contributed by atoms with Gasteiger partial charge >= 0.3 is 0 Å². The van der Waals surface area contributed by atoms with E-state index in [1.54, 1.807) is 7.11 Å². The number of allylic oxidation sites excluding steroid dienone is 3. The first-order valence-electron chi connectivity index (χ1n) is 3.14. The minimum atomic E-state index is 0.564. The molecule has 0 radical (unpaired) electrons. The van der Waals surface area contributed by atoms with Gasteiger partial charge < -0.3 is 10.5 Å². The van der Waals surface area contributed by atoms with Gasteiger partial charge in [0.2, 0.25) is 0 Å². The van der Waals surface area contributed by atoms with Crippen LogP contribution in [-0.4, -0.2) is 7.11 Å². The summed E-state index contributed by atoms with van der Waals surface area (Å²) in [6, 6.07) is 0. The van der Waals surface area contributed by atoms with Gasteiger partial charge in [-0.25, -0.2) is 0 Å². The van der Waals surface area contributed by atoms with Crippen LogP contribution in [0.4, 0.5) is 0 Å². The molecule has 1 rings (SSSR count). The molecule has 0 fully saturated rings. The van der Waals surface area contributed by atoms with E-state index in [0.717, 1.165) is 18.5 Å². The van der Waals surface area contributed by atoms with Crippen molar-refractivity contribution in [2.45, 2.75) is 12.8 Å². The van der Waals surface area contributed by atoms with E-state index in [-0.39, 0.29) is 0 Å². The van der Waals surface area contributed by atoms with Crippen LogP contribution in [0.3, 0.4) is 0 Å². The van der Waals surface area contributed by atoms with Crippen molar-refractivity contribution >= 4 is 11.6 Å². The molecular formula is C7H10ClNO. The highest BCUT2D eigenvalue weighted by molar-refractivity contribution is 6.32. The Bertz CT molecular complexity index is 196. The van der Waals surface area contributed by atoms with Gasteiger partial charge in [-0.05, 0) is 18.9 Å². The second-order valence-corrected chi connectivity index (χ2v) is 2.53. The molecule has 2 nitrogen and oxygen atoms in total. The Kier molecular flexibility index (Phi) is 2.22. The quantitative estimate of drug-likeness (QED) is 0.633. The van der Waals surface area contributed by atoms with Crippen LogP contribution in [0.15, 0.2) is 22.6 Å². The first-order valence-corrected chi connectivity index (χ1v) is 3.52. The highest BCUT2D eigenvalue weighted by atomic mass is 35.5. The molecule has 56 valence electrons. The molecule has 0 amide bonds. The van der Waals surface area contributed by atoms with Crippen molar-refractivity contribution in [1.82, 2.24) is 0 Å². The Morgan fingerprint density at radius 1 is 1.70 bits per heavy atom. The summed E-state index contributed by atoms with van der Waals surface area (Å²) in [5, 5.41) is 0.564. The third kappa shape index (κ3) is 1.27. The van der Waals surface area contributed by atoms with Crippen LogP contribution in [0.1, 0.15) is 12.8 Å². The van der Waals surface area contributed by atoms with Gasteiger partial charge in [-0.1, -0.05) is 11.6 Å². The van der Waals surface area contributed by atoms with Crippen molar-refractivity contribution in [2.24, 2.45) is 5.73 Å². The third-order valence-corrected chi connectivity index (χ3v) is 1.89. The number of hydrogen-bond donors (Lipinski definition) is 1. The molecule has 0 heterocycles. The maximum atomic E-state index is 5.79. The van der Waals surface area contributed by atoms with Crippen molar-refractivity contribution in [3.63, 3.8) is 0 Å². The number of nitrogens with two attached hydrogens (primary N) is 1. The Morgan fingerprint density at radius 2 is 2.40 bits per heavy atom. The van der Waals surface area contributed by atoms with Gasteiger partial charge in [-0.3, -0.25) is 0 Å². The first kappa shape index (κ1) is 7.48. The minimum absolute atomic E-state index is 0.564. The van der Waals surface area contributed by atoms with Crippen LogP contribution < -0.4 is 5.73 Å². The zero-order chi connectivity index (χ0) is 7.56. The van der Waals surface area contributed by atoms with Crippen molar-refractivity contribution < 1.29 is 4.74 Å². The molecule has 0 spiro atoms. The lowest BCUT2D eigenvalue weighted by atomic mass is 10.1. The molecule has 0 saturated heterocycles. The molecule has 0 aromatic carbocycles. The lowest BCUT2D eigenvalue weighted by molar-refractivity contribution is 0.300. The van der Waals surface area contributed by atoms with Gasteiger partial charge in [0.1, 0.15) is 10.8 Å². The van der Waals surface area contributed by atoms with E-state index in [1.807, 2.05) is 6.08 Å². The van der Waals surface area contributed by atoms with Crippen LogP contribution >= 0.6 is 11.6 Å². The number of methoxy groups -OCH3 is 1. The maximum Gasteiger partial charge on any atom is 0.135 e. The molecule has 0 unspecified atom stereocenters. The molecule has 10 heavy (non-hydrogen) atoms. The van der Waals surface area contributed by atoms with Gasteiger partial charge in [0.05, 0.1) is 7.11 Å². The second kappa shape index (κ2) is 2.97. The molecule has 3 heteroatoms. The second-order valence-electron chi connectivity index (χ2n) is 2.15. The molecule has 0 bridgehead atoms. The summed E-state index contributed by atoms with van der Waals surface area (Å²) in [5.74, 6) is 0.699. The van der Waals surface area contributed by atoms with E-state index in [4.69, 9.17) is 22.1 Å². The summed E-state index contributed by atoms with van der Waals surface area (Å²) in [4.78, 5) is 0. The van der Waals surface area contributed by atoms with Gasteiger partial charge in [0.25, 0.3) is 0 Å². The average Bonchev–Trinajstić information content (AvgIpc) is 1.95. The molecule has 0 aromatic heterocycles. The highest BCUT2D eigenvalue weighted by Crippen LogP contribution is 2.25. The Labute approximate surface area is 65.3 Å². The number of rotatable bonds is 1. The Balaban J connectivity index is 2.83. The molecule has 0 atom stereocenters. The zero-order valence-electron chi connectivity index (χ0n) is 5.86. The van der Waals surface area contributed by atoms with E-state index in [9.17, 15) is 0 Å². The Hall–Kier alpha value is -0.630. The van der Waals surface area contributed by atoms with Crippen LogP contribution in [0.25, 0.3) is 0 Å². The summed E-state index contributed by atoms with van der Waals surface area (Å²) in [6.07, 6.45) is 3.70. The predicted molar refractivity (Wildman–Crippen MR) is 41.4 cm³/mol. The first-order chi connectivity index (χ1) is 4.75. The van der Waals surface area contributed by atoms with Crippen molar-refractivity contribution in [3.05, 3.63) is 22.6 Å². The van der Waals surface area contributed by atoms with Crippen molar-refractivity contribution in [2.75, 3.05) is 7.11 Å². The van der Waals surface area contributed by atoms with E-state index in [1.165, 1.54) is 0 Å². The summed E-state index contributed by atoms with van der Waals surface area (Å²) in [7, 11) is 1.59. The molecule has 1 aliphatic carbocycles. The fourth-order valence-corrected chi connectivity index (χ4v) is 1.14. The largest absolute Gasteiger partial charge is 0.495 e. The monoisotopic (exact) mass is 159 g/mol. The van der Waals surface area contributed by atoms with Gasteiger partial charge in [-0.15, -0.1) is 0 Å². The minimum Gasteiger partial charge on any atom is -0.495 e. The standard InChI is InChI=1S/C7H10ClNO/c1-10-6-4-2-3-5(9)7(6)8/h4H,2-3,9H2,1H3. The Morgan fingerprint density at radius 3 is 2.90 bits per heavy atom. The fraction of sp³-hybridized carbons (Fsp3) is 0.429. The number of halogens is 1. The van der Waals surface area contributed by atoms with Crippen LogP contribution in [0.2, 0.25) is 0 Å². The van der Waals surface area contributed by atoms with Crippen LogP contribution in [0.5, 0.6) is 0 Å². The van der Waals surface area contributed by atoms with E-state index < -0.39 is 0 Å².